The van der Waals surface area contributed by atoms with E-state index in [0.29, 0.717) is 12.0 Å². The first-order chi connectivity index (χ1) is 4.70. The van der Waals surface area contributed by atoms with E-state index in [2.05, 4.69) is 4.90 Å². The van der Waals surface area contributed by atoms with Gasteiger partial charge in [-0.2, -0.15) is 0 Å². The molecule has 0 radical (unpaired) electrons. The Kier molecular flexibility index (Phi) is 4.76. The van der Waals surface area contributed by atoms with Crippen LogP contribution in [0.2, 0.25) is 0 Å². The first-order valence-corrected chi connectivity index (χ1v) is 3.44. The Morgan fingerprint density at radius 3 is 2.55 bits per heavy atom. The van der Waals surface area contributed by atoms with Gasteiger partial charge in [-0.15, -0.1) is 12.4 Å². The molecule has 1 rings (SSSR count). The highest BCUT2D eigenvalue weighted by Gasteiger charge is 2.18. The molecule has 1 heterocycles. The van der Waals surface area contributed by atoms with Crippen LogP contribution in [0.3, 0.4) is 0 Å². The van der Waals surface area contributed by atoms with E-state index < -0.39 is 7.12 Å². The summed E-state index contributed by atoms with van der Waals surface area (Å²) in [6, 6.07) is 0. The Labute approximate surface area is 73.3 Å². The predicted octanol–water partition coefficient (Wildman–Crippen LogP) is -0.318. The molecule has 11 heavy (non-hydrogen) atoms. The molecule has 1 aliphatic heterocycles. The molecular weight excluding hydrogens is 164 g/mol. The van der Waals surface area contributed by atoms with Crippen LogP contribution in [-0.2, 0) is 0 Å². The van der Waals surface area contributed by atoms with Crippen LogP contribution in [0.4, 0.5) is 0 Å². The zero-order valence-corrected chi connectivity index (χ0v) is 7.34. The van der Waals surface area contributed by atoms with Crippen molar-refractivity contribution in [2.75, 3.05) is 20.1 Å². The lowest BCUT2D eigenvalue weighted by atomic mass is 9.77. The first-order valence-electron chi connectivity index (χ1n) is 3.44. The van der Waals surface area contributed by atoms with Gasteiger partial charge >= 0.3 is 7.12 Å². The summed E-state index contributed by atoms with van der Waals surface area (Å²) in [5, 5.41) is 17.5. The smallest absolute Gasteiger partial charge is 0.423 e. The molecule has 0 unspecified atom stereocenters. The Hall–Kier alpha value is -0.0251. The SMILES string of the molecule is CN1CCC=C(B(O)O)C1.Cl. The maximum Gasteiger partial charge on any atom is 0.485 e. The lowest BCUT2D eigenvalue weighted by molar-refractivity contribution is 0.344. The molecular formula is C6H13BClNO2. The Balaban J connectivity index is 0.000001000. The molecule has 3 nitrogen and oxygen atoms in total. The van der Waals surface area contributed by atoms with E-state index in [-0.39, 0.29) is 12.4 Å². The molecule has 2 N–H and O–H groups in total. The van der Waals surface area contributed by atoms with Crippen molar-refractivity contribution in [3.8, 4) is 0 Å². The highest BCUT2D eigenvalue weighted by Crippen LogP contribution is 2.07. The van der Waals surface area contributed by atoms with Crippen LogP contribution in [0.15, 0.2) is 11.5 Å². The molecule has 0 aromatic rings. The second-order valence-electron chi connectivity index (χ2n) is 2.68. The third kappa shape index (κ3) is 3.25. The molecule has 0 fully saturated rings. The normalized spacial score (nSPS) is 18.6. The van der Waals surface area contributed by atoms with Crippen molar-refractivity contribution in [2.24, 2.45) is 0 Å². The van der Waals surface area contributed by atoms with Crippen molar-refractivity contribution >= 4 is 19.5 Å². The lowest BCUT2D eigenvalue weighted by Crippen LogP contribution is -2.32. The highest BCUT2D eigenvalue weighted by molar-refractivity contribution is 6.50. The van der Waals surface area contributed by atoms with Gasteiger partial charge in [-0.05, 0) is 18.9 Å². The zero-order chi connectivity index (χ0) is 7.56. The van der Waals surface area contributed by atoms with Crippen molar-refractivity contribution in [2.45, 2.75) is 6.42 Å². The fourth-order valence-electron chi connectivity index (χ4n) is 1.11. The average molecular weight is 177 g/mol. The number of likely N-dealkylation sites (N-methyl/N-ethyl adjacent to an activating group) is 1. The van der Waals surface area contributed by atoms with Gasteiger partial charge in [0, 0.05) is 13.1 Å². The predicted molar refractivity (Wildman–Crippen MR) is 47.6 cm³/mol. The molecule has 0 amide bonds. The third-order valence-electron chi connectivity index (χ3n) is 1.70. The molecule has 0 bridgehead atoms. The van der Waals surface area contributed by atoms with E-state index in [4.69, 9.17) is 10.0 Å². The number of hydrogen-bond acceptors (Lipinski definition) is 3. The molecule has 1 aliphatic rings. The minimum Gasteiger partial charge on any atom is -0.423 e. The molecule has 0 aliphatic carbocycles. The van der Waals surface area contributed by atoms with Crippen molar-refractivity contribution in [3.63, 3.8) is 0 Å². The van der Waals surface area contributed by atoms with E-state index in [1.165, 1.54) is 0 Å². The standard InChI is InChI=1S/C6H12BNO2.ClH/c1-8-4-2-3-6(5-8)7(9)10;/h3,9-10H,2,4-5H2,1H3;1H. The Morgan fingerprint density at radius 1 is 1.55 bits per heavy atom. The quantitative estimate of drug-likeness (QED) is 0.540. The van der Waals surface area contributed by atoms with E-state index in [1.54, 1.807) is 0 Å². The average Bonchev–Trinajstić information content (AvgIpc) is 1.88. The van der Waals surface area contributed by atoms with Crippen molar-refractivity contribution in [3.05, 3.63) is 11.5 Å². The topological polar surface area (TPSA) is 43.7 Å². The van der Waals surface area contributed by atoms with Gasteiger partial charge in [0.05, 0.1) is 0 Å². The number of halogens is 1. The van der Waals surface area contributed by atoms with Crippen LogP contribution in [0, 0.1) is 0 Å². The van der Waals surface area contributed by atoms with Crippen LogP contribution in [0.1, 0.15) is 6.42 Å². The first kappa shape index (κ1) is 11.0. The van der Waals surface area contributed by atoms with Gasteiger partial charge < -0.3 is 14.9 Å². The van der Waals surface area contributed by atoms with Gasteiger partial charge in [-0.25, -0.2) is 0 Å². The fourth-order valence-corrected chi connectivity index (χ4v) is 1.11. The largest absolute Gasteiger partial charge is 0.485 e. The minimum absolute atomic E-state index is 0. The maximum absolute atomic E-state index is 8.76. The maximum atomic E-state index is 8.76. The summed E-state index contributed by atoms with van der Waals surface area (Å²) in [7, 11) is 0.706. The second kappa shape index (κ2) is 4.77. The summed E-state index contributed by atoms with van der Waals surface area (Å²) in [6.07, 6.45) is 2.81. The summed E-state index contributed by atoms with van der Waals surface area (Å²) >= 11 is 0. The van der Waals surface area contributed by atoms with Crippen LogP contribution >= 0.6 is 12.4 Å². The summed E-state index contributed by atoms with van der Waals surface area (Å²) < 4.78 is 0. The fraction of sp³-hybridized carbons (Fsp3) is 0.667. The summed E-state index contributed by atoms with van der Waals surface area (Å²) in [5.74, 6) is 0. The molecule has 5 heteroatoms. The molecule has 0 saturated carbocycles. The number of rotatable bonds is 1. The van der Waals surface area contributed by atoms with E-state index in [1.807, 2.05) is 13.1 Å². The minimum atomic E-state index is -1.26. The van der Waals surface area contributed by atoms with Gasteiger partial charge in [0.2, 0.25) is 0 Å². The Bertz CT molecular complexity index is 152. The zero-order valence-electron chi connectivity index (χ0n) is 6.53. The van der Waals surface area contributed by atoms with Crippen molar-refractivity contribution < 1.29 is 10.0 Å². The van der Waals surface area contributed by atoms with Crippen LogP contribution in [0.5, 0.6) is 0 Å². The molecule has 0 aromatic carbocycles. The number of nitrogens with zero attached hydrogens (tertiary/aromatic N) is 1. The highest BCUT2D eigenvalue weighted by atomic mass is 35.5. The van der Waals surface area contributed by atoms with E-state index in [0.717, 1.165) is 13.0 Å². The van der Waals surface area contributed by atoms with Gasteiger partial charge in [-0.3, -0.25) is 0 Å². The second-order valence-corrected chi connectivity index (χ2v) is 2.68. The van der Waals surface area contributed by atoms with E-state index >= 15 is 0 Å². The lowest BCUT2D eigenvalue weighted by Gasteiger charge is -2.22. The van der Waals surface area contributed by atoms with Gasteiger partial charge in [0.25, 0.3) is 0 Å². The summed E-state index contributed by atoms with van der Waals surface area (Å²) in [6.45, 7) is 1.69. The molecule has 64 valence electrons. The van der Waals surface area contributed by atoms with Crippen molar-refractivity contribution in [1.29, 1.82) is 0 Å². The molecule has 0 saturated heterocycles. The molecule has 0 spiro atoms. The van der Waals surface area contributed by atoms with Gasteiger partial charge in [0.1, 0.15) is 0 Å². The van der Waals surface area contributed by atoms with Crippen molar-refractivity contribution in [1.82, 2.24) is 4.90 Å². The summed E-state index contributed by atoms with van der Waals surface area (Å²) in [4.78, 5) is 2.06. The Morgan fingerprint density at radius 2 is 2.18 bits per heavy atom. The van der Waals surface area contributed by atoms with Gasteiger partial charge in [-0.1, -0.05) is 6.08 Å². The van der Waals surface area contributed by atoms with Crippen LogP contribution in [0.25, 0.3) is 0 Å². The summed E-state index contributed by atoms with van der Waals surface area (Å²) in [5.41, 5.74) is 0.716. The van der Waals surface area contributed by atoms with Gasteiger partial charge in [0.15, 0.2) is 0 Å². The molecule has 0 atom stereocenters. The van der Waals surface area contributed by atoms with E-state index in [9.17, 15) is 0 Å². The van der Waals surface area contributed by atoms with Crippen LogP contribution < -0.4 is 0 Å². The monoisotopic (exact) mass is 177 g/mol. The third-order valence-corrected chi connectivity index (χ3v) is 1.70. The number of hydrogen-bond donors (Lipinski definition) is 2. The van der Waals surface area contributed by atoms with Crippen LogP contribution in [-0.4, -0.2) is 42.2 Å². The molecule has 0 aromatic heterocycles.